The molecule has 0 amide bonds. The van der Waals surface area contributed by atoms with E-state index in [9.17, 15) is 19.5 Å². The van der Waals surface area contributed by atoms with Crippen LogP contribution in [0.3, 0.4) is 0 Å². The molecule has 9 heteroatoms. The fraction of sp³-hybridized carbons (Fsp3) is 0.719. The Kier molecular flexibility index (Phi) is 80.9. The molecule has 0 saturated carbocycles. The molecule has 0 rings (SSSR count). The van der Waals surface area contributed by atoms with Crippen molar-refractivity contribution in [1.82, 2.24) is 0 Å². The molecule has 0 aliphatic carbocycles. The number of ether oxygens (including phenoxy) is 4. The lowest BCUT2D eigenvalue weighted by molar-refractivity contribution is -0.870. The maximum absolute atomic E-state index is 13.0. The fourth-order valence-electron chi connectivity index (χ4n) is 12.4. The van der Waals surface area contributed by atoms with Gasteiger partial charge >= 0.3 is 17.9 Å². The van der Waals surface area contributed by atoms with Crippen LogP contribution >= 0.6 is 0 Å². The highest BCUT2D eigenvalue weighted by Gasteiger charge is 2.25. The van der Waals surface area contributed by atoms with Crippen LogP contribution in [0.25, 0.3) is 0 Å². The number of allylic oxidation sites excluding steroid dienone is 24. The van der Waals surface area contributed by atoms with Crippen LogP contribution in [0.5, 0.6) is 0 Å². The first-order chi connectivity index (χ1) is 51.6. The minimum Gasteiger partial charge on any atom is -0.477 e. The number of rotatable bonds is 81. The van der Waals surface area contributed by atoms with Gasteiger partial charge < -0.3 is 28.5 Å². The van der Waals surface area contributed by atoms with Crippen LogP contribution in [0.1, 0.15) is 386 Å². The van der Waals surface area contributed by atoms with Crippen LogP contribution in [-0.2, 0) is 33.3 Å². The summed E-state index contributed by atoms with van der Waals surface area (Å²) in [6, 6.07) is 0. The van der Waals surface area contributed by atoms with Gasteiger partial charge in [0.1, 0.15) is 13.2 Å². The molecule has 0 aliphatic heterocycles. The molecule has 0 aromatic heterocycles. The van der Waals surface area contributed by atoms with E-state index in [4.69, 9.17) is 18.9 Å². The number of hydrogen-bond acceptors (Lipinski definition) is 7. The van der Waals surface area contributed by atoms with Crippen LogP contribution in [0.4, 0.5) is 0 Å². The third kappa shape index (κ3) is 86.3. The van der Waals surface area contributed by atoms with Crippen LogP contribution in [0, 0.1) is 0 Å². The second kappa shape index (κ2) is 84.8. The molecule has 0 radical (unpaired) electrons. The summed E-state index contributed by atoms with van der Waals surface area (Å²) in [4.78, 5) is 37.8. The van der Waals surface area contributed by atoms with Crippen molar-refractivity contribution in [3.63, 3.8) is 0 Å². The molecule has 0 fully saturated rings. The molecule has 0 aromatic rings. The minimum absolute atomic E-state index is 0.184. The number of carbonyl (C=O) groups is 3. The quantitative estimate of drug-likeness (QED) is 0.0211. The van der Waals surface area contributed by atoms with Gasteiger partial charge in [0.15, 0.2) is 6.10 Å². The number of esters is 2. The van der Waals surface area contributed by atoms with Gasteiger partial charge in [-0.3, -0.25) is 9.59 Å². The summed E-state index contributed by atoms with van der Waals surface area (Å²) in [6.45, 7) is 4.79. The molecule has 0 heterocycles. The Bertz CT molecular complexity index is 2250. The standard InChI is InChI=1S/C96H165NO8/c1-6-8-10-12-14-16-18-20-22-24-26-28-30-32-34-36-38-40-42-44-46-47-49-51-53-55-57-59-61-63-65-67-69-71-73-75-77-79-81-83-85-87-94(99)105-92(91-104-96(95(100)101)102-89-88-97(3,4)5)90-103-93(98)86-84-82-80-78-76-74-72-70-68-66-64-62-60-58-56-54-52-50-48-45-43-41-39-37-35-33-31-29-27-25-23-21-19-17-15-13-11-9-7-2/h8,10,14,16,19-22,25-28,31-34,38,40,44,46,49,51,55,57,92,96H,6-7,9,11-13,15,17-18,23-24,29-30,35-37,39,41-43,45,47-48,50,52-54,56,58-91H2,1-5H3/p+1/b10-8-,16-14-,21-19-,22-20-,27-25-,28-26-,33-31-,34-32-,40-38-,46-44-,51-49-,57-55-. The Hall–Kier alpha value is -4.83. The molecule has 0 saturated heterocycles. The zero-order chi connectivity index (χ0) is 76.0. The number of unbranched alkanes of at least 4 members (excludes halogenated alkanes) is 42. The first kappa shape index (κ1) is 100. The Labute approximate surface area is 649 Å². The van der Waals surface area contributed by atoms with Gasteiger partial charge in [0.2, 0.25) is 0 Å². The normalized spacial score (nSPS) is 13.3. The van der Waals surface area contributed by atoms with E-state index in [1.165, 1.54) is 244 Å². The number of likely N-dealkylation sites (N-methyl/N-ethyl adjacent to an activating group) is 1. The predicted octanol–water partition coefficient (Wildman–Crippen LogP) is 28.9. The highest BCUT2D eigenvalue weighted by molar-refractivity contribution is 5.71. The molecule has 0 aliphatic rings. The summed E-state index contributed by atoms with van der Waals surface area (Å²) in [5.74, 6) is -1.99. The highest BCUT2D eigenvalue weighted by atomic mass is 16.7. The first-order valence-electron chi connectivity index (χ1n) is 44.0. The molecule has 0 spiro atoms. The molecule has 2 unspecified atom stereocenters. The molecular weight excluding hydrogens is 1300 g/mol. The second-order valence-corrected chi connectivity index (χ2v) is 30.5. The number of aliphatic carboxylic acids is 1. The summed E-state index contributed by atoms with van der Waals surface area (Å²) in [5.41, 5.74) is 0. The van der Waals surface area contributed by atoms with Crippen LogP contribution < -0.4 is 0 Å². The monoisotopic (exact) mass is 1460 g/mol. The third-order valence-electron chi connectivity index (χ3n) is 19.1. The molecule has 105 heavy (non-hydrogen) atoms. The van der Waals surface area contributed by atoms with Crippen molar-refractivity contribution in [2.75, 3.05) is 47.5 Å². The zero-order valence-electron chi connectivity index (χ0n) is 69.1. The summed E-state index contributed by atoms with van der Waals surface area (Å²) in [5, 5.41) is 9.79. The first-order valence-corrected chi connectivity index (χ1v) is 44.0. The molecule has 2 atom stereocenters. The predicted molar refractivity (Wildman–Crippen MR) is 456 cm³/mol. The number of carboxylic acid groups (broad SMARTS) is 1. The maximum Gasteiger partial charge on any atom is 0.361 e. The number of quaternary nitrogens is 1. The van der Waals surface area contributed by atoms with Gasteiger partial charge in [-0.1, -0.05) is 397 Å². The van der Waals surface area contributed by atoms with Gasteiger partial charge in [-0.2, -0.15) is 0 Å². The van der Waals surface area contributed by atoms with Crippen LogP contribution in [0.15, 0.2) is 146 Å². The largest absolute Gasteiger partial charge is 0.477 e. The SMILES string of the molecule is CC/C=C\C/C=C\C/C=C\C/C=C\C/C=C\C/C=C\C/C=C\C/C=C\C/C=C\CCCCCCCCCCCCCCCC(=O)OC(COC(=O)CCCCCCCCCCCCCCCCCCCCCCCCCC/C=C\C/C=C\C/C=C\CCCCCCC)COC(OCC[N+](C)(C)C)C(=O)O. The number of hydrogen-bond donors (Lipinski definition) is 1. The van der Waals surface area contributed by atoms with Crippen molar-refractivity contribution in [1.29, 1.82) is 0 Å². The van der Waals surface area contributed by atoms with Gasteiger partial charge in [0, 0.05) is 12.8 Å². The average molecular weight is 1460 g/mol. The van der Waals surface area contributed by atoms with E-state index in [-0.39, 0.29) is 32.2 Å². The Morgan fingerprint density at radius 3 is 0.810 bits per heavy atom. The fourth-order valence-corrected chi connectivity index (χ4v) is 12.4. The lowest BCUT2D eigenvalue weighted by Crippen LogP contribution is -2.40. The van der Waals surface area contributed by atoms with Gasteiger partial charge in [-0.05, 0) is 122 Å². The minimum atomic E-state index is -1.52. The average Bonchev–Trinajstić information content (AvgIpc) is 1.18. The highest BCUT2D eigenvalue weighted by Crippen LogP contribution is 2.19. The summed E-state index contributed by atoms with van der Waals surface area (Å²) in [6.07, 6.45) is 122. The van der Waals surface area contributed by atoms with E-state index in [0.29, 0.717) is 23.9 Å². The van der Waals surface area contributed by atoms with Gasteiger partial charge in [0.25, 0.3) is 6.29 Å². The van der Waals surface area contributed by atoms with E-state index in [1.54, 1.807) is 0 Å². The van der Waals surface area contributed by atoms with Gasteiger partial charge in [-0.25, -0.2) is 4.79 Å². The Morgan fingerprint density at radius 1 is 0.295 bits per heavy atom. The van der Waals surface area contributed by atoms with Crippen molar-refractivity contribution >= 4 is 17.9 Å². The smallest absolute Gasteiger partial charge is 0.361 e. The van der Waals surface area contributed by atoms with Crippen LogP contribution in [0.2, 0.25) is 0 Å². The Balaban J connectivity index is 4.00. The van der Waals surface area contributed by atoms with Crippen molar-refractivity contribution in [3.8, 4) is 0 Å². The van der Waals surface area contributed by atoms with E-state index < -0.39 is 24.3 Å². The number of carbonyl (C=O) groups excluding carboxylic acids is 2. The lowest BCUT2D eigenvalue weighted by atomic mass is 10.0. The van der Waals surface area contributed by atoms with Gasteiger partial charge in [-0.15, -0.1) is 0 Å². The van der Waals surface area contributed by atoms with Crippen molar-refractivity contribution in [2.24, 2.45) is 0 Å². The van der Waals surface area contributed by atoms with Crippen LogP contribution in [-0.4, -0.2) is 87.4 Å². The van der Waals surface area contributed by atoms with E-state index in [0.717, 1.165) is 109 Å². The summed E-state index contributed by atoms with van der Waals surface area (Å²) < 4.78 is 23.1. The number of carboxylic acids is 1. The molecular formula is C96H166NO8+. The molecule has 1 N–H and O–H groups in total. The molecule has 0 bridgehead atoms. The maximum atomic E-state index is 13.0. The lowest BCUT2D eigenvalue weighted by Gasteiger charge is -2.25. The van der Waals surface area contributed by atoms with E-state index in [1.807, 2.05) is 21.1 Å². The third-order valence-corrected chi connectivity index (χ3v) is 19.1. The summed E-state index contributed by atoms with van der Waals surface area (Å²) >= 11 is 0. The van der Waals surface area contributed by atoms with Crippen molar-refractivity contribution in [3.05, 3.63) is 146 Å². The zero-order valence-corrected chi connectivity index (χ0v) is 69.1. The summed E-state index contributed by atoms with van der Waals surface area (Å²) in [7, 11) is 5.99. The second-order valence-electron chi connectivity index (χ2n) is 30.5. The number of nitrogens with zero attached hydrogens (tertiary/aromatic N) is 1. The molecule has 0 aromatic carbocycles. The Morgan fingerprint density at radius 2 is 0.543 bits per heavy atom. The van der Waals surface area contributed by atoms with Crippen molar-refractivity contribution < 1.29 is 42.9 Å². The van der Waals surface area contributed by atoms with E-state index in [2.05, 4.69) is 160 Å². The van der Waals surface area contributed by atoms with E-state index >= 15 is 0 Å². The molecule has 9 nitrogen and oxygen atoms in total. The molecule has 602 valence electrons. The van der Waals surface area contributed by atoms with Gasteiger partial charge in [0.05, 0.1) is 34.4 Å². The topological polar surface area (TPSA) is 108 Å². The van der Waals surface area contributed by atoms with Crippen molar-refractivity contribution in [2.45, 2.75) is 399 Å².